The van der Waals surface area contributed by atoms with Gasteiger partial charge in [0.15, 0.2) is 0 Å². The van der Waals surface area contributed by atoms with Gasteiger partial charge in [-0.05, 0) is 61.2 Å². The van der Waals surface area contributed by atoms with E-state index >= 15 is 0 Å². The molecule has 6 nitrogen and oxygen atoms in total. The molecule has 3 rings (SSSR count). The number of carbonyl (C=O) groups excluding carboxylic acids is 1. The van der Waals surface area contributed by atoms with Gasteiger partial charge in [-0.3, -0.25) is 0 Å². The highest BCUT2D eigenvalue weighted by Crippen LogP contribution is 2.21. The molecule has 1 fully saturated rings. The molecule has 2 aromatic rings. The van der Waals surface area contributed by atoms with Crippen LogP contribution in [-0.2, 0) is 21.2 Å². The first kappa shape index (κ1) is 20.4. The molecule has 0 amide bonds. The van der Waals surface area contributed by atoms with Crippen molar-refractivity contribution < 1.29 is 22.7 Å². The minimum atomic E-state index is -3.48. The third-order valence-electron chi connectivity index (χ3n) is 4.68. The summed E-state index contributed by atoms with van der Waals surface area (Å²) in [5.74, 6) is 0.239. The topological polar surface area (TPSA) is 72.9 Å². The number of ether oxygens (including phenoxy) is 2. The molecule has 0 spiro atoms. The highest BCUT2D eigenvalue weighted by Gasteiger charge is 2.27. The van der Waals surface area contributed by atoms with Crippen molar-refractivity contribution in [3.8, 4) is 5.75 Å². The Morgan fingerprint density at radius 3 is 2.43 bits per heavy atom. The Kier molecular flexibility index (Phi) is 6.70. The van der Waals surface area contributed by atoms with E-state index in [-0.39, 0.29) is 18.1 Å². The van der Waals surface area contributed by atoms with Crippen LogP contribution >= 0.6 is 0 Å². The van der Waals surface area contributed by atoms with Gasteiger partial charge in [-0.15, -0.1) is 0 Å². The smallest absolute Gasteiger partial charge is 0.338 e. The van der Waals surface area contributed by atoms with Crippen molar-refractivity contribution in [1.82, 2.24) is 4.31 Å². The van der Waals surface area contributed by atoms with Crippen LogP contribution in [0.15, 0.2) is 53.4 Å². The molecular weight excluding hydrogens is 378 g/mol. The van der Waals surface area contributed by atoms with Crippen LogP contribution in [0, 0.1) is 0 Å². The Labute approximate surface area is 166 Å². The minimum absolute atomic E-state index is 0.114. The molecule has 0 bridgehead atoms. The maximum absolute atomic E-state index is 12.5. The number of esters is 1. The number of hydrogen-bond acceptors (Lipinski definition) is 5. The van der Waals surface area contributed by atoms with E-state index in [0.29, 0.717) is 18.7 Å². The van der Waals surface area contributed by atoms with Gasteiger partial charge in [0.25, 0.3) is 0 Å². The predicted molar refractivity (Wildman–Crippen MR) is 106 cm³/mol. The third-order valence-corrected chi connectivity index (χ3v) is 6.60. The van der Waals surface area contributed by atoms with Crippen LogP contribution < -0.4 is 4.74 Å². The van der Waals surface area contributed by atoms with Gasteiger partial charge < -0.3 is 9.47 Å². The number of nitrogens with zero attached hydrogens (tertiary/aromatic N) is 1. The second kappa shape index (κ2) is 9.21. The zero-order valence-electron chi connectivity index (χ0n) is 16.0. The summed E-state index contributed by atoms with van der Waals surface area (Å²) >= 11 is 0. The standard InChI is InChI=1S/C21H25NO5S/c1-2-17-6-5-7-19(16-17)26-14-15-27-21(23)18-8-10-20(11-9-18)28(24,25)22-12-3-4-13-22/h5-11,16H,2-4,12-15H2,1H3. The molecule has 0 saturated carbocycles. The molecule has 0 N–H and O–H groups in total. The summed E-state index contributed by atoms with van der Waals surface area (Å²) in [6, 6.07) is 13.7. The fourth-order valence-corrected chi connectivity index (χ4v) is 4.59. The number of aryl methyl sites for hydroxylation is 1. The fourth-order valence-electron chi connectivity index (χ4n) is 3.07. The van der Waals surface area contributed by atoms with Gasteiger partial charge in [-0.1, -0.05) is 19.1 Å². The summed E-state index contributed by atoms with van der Waals surface area (Å²) in [6.07, 6.45) is 2.69. The first-order valence-corrected chi connectivity index (χ1v) is 10.9. The quantitative estimate of drug-likeness (QED) is 0.500. The van der Waals surface area contributed by atoms with Gasteiger partial charge in [0.1, 0.15) is 19.0 Å². The molecule has 150 valence electrons. The van der Waals surface area contributed by atoms with E-state index in [4.69, 9.17) is 9.47 Å². The Hall–Kier alpha value is -2.38. The number of hydrogen-bond donors (Lipinski definition) is 0. The predicted octanol–water partition coefficient (Wildman–Crippen LogP) is 3.27. The van der Waals surface area contributed by atoms with Crippen molar-refractivity contribution in [3.63, 3.8) is 0 Å². The van der Waals surface area contributed by atoms with E-state index in [9.17, 15) is 13.2 Å². The molecular formula is C21H25NO5S. The number of sulfonamides is 1. The monoisotopic (exact) mass is 403 g/mol. The van der Waals surface area contributed by atoms with Gasteiger partial charge in [-0.25, -0.2) is 13.2 Å². The lowest BCUT2D eigenvalue weighted by molar-refractivity contribution is 0.0450. The van der Waals surface area contributed by atoms with Crippen LogP contribution in [-0.4, -0.2) is 45.0 Å². The molecule has 1 saturated heterocycles. The lowest BCUT2D eigenvalue weighted by Gasteiger charge is -2.15. The SMILES string of the molecule is CCc1cccc(OCCOC(=O)c2ccc(S(=O)(=O)N3CCCC3)cc2)c1. The summed E-state index contributed by atoms with van der Waals surface area (Å²) < 4.78 is 37.3. The maximum Gasteiger partial charge on any atom is 0.338 e. The Balaban J connectivity index is 1.50. The van der Waals surface area contributed by atoms with Gasteiger partial charge in [0, 0.05) is 13.1 Å². The van der Waals surface area contributed by atoms with Crippen molar-refractivity contribution in [2.24, 2.45) is 0 Å². The molecule has 2 aromatic carbocycles. The van der Waals surface area contributed by atoms with Crippen LogP contribution in [0.5, 0.6) is 5.75 Å². The Morgan fingerprint density at radius 1 is 1.04 bits per heavy atom. The van der Waals surface area contributed by atoms with E-state index < -0.39 is 16.0 Å². The first-order chi connectivity index (χ1) is 13.5. The summed E-state index contributed by atoms with van der Waals surface area (Å²) in [4.78, 5) is 12.3. The molecule has 0 radical (unpaired) electrons. The van der Waals surface area contributed by atoms with Crippen LogP contribution in [0.25, 0.3) is 0 Å². The second-order valence-corrected chi connectivity index (χ2v) is 8.56. The highest BCUT2D eigenvalue weighted by atomic mass is 32.2. The van der Waals surface area contributed by atoms with E-state index in [1.807, 2.05) is 24.3 Å². The average Bonchev–Trinajstić information content (AvgIpc) is 3.27. The van der Waals surface area contributed by atoms with Crippen molar-refractivity contribution in [2.45, 2.75) is 31.1 Å². The zero-order chi connectivity index (χ0) is 20.0. The van der Waals surface area contributed by atoms with Crippen molar-refractivity contribution >= 4 is 16.0 Å². The Morgan fingerprint density at radius 2 is 1.75 bits per heavy atom. The Bertz CT molecular complexity index is 903. The van der Waals surface area contributed by atoms with Crippen LogP contribution in [0.2, 0.25) is 0 Å². The van der Waals surface area contributed by atoms with E-state index in [1.165, 1.54) is 34.1 Å². The average molecular weight is 404 g/mol. The fraction of sp³-hybridized carbons (Fsp3) is 0.381. The molecule has 0 atom stereocenters. The molecule has 1 aliphatic heterocycles. The van der Waals surface area contributed by atoms with E-state index in [1.54, 1.807) is 0 Å². The molecule has 7 heteroatoms. The number of carbonyl (C=O) groups is 1. The summed E-state index contributed by atoms with van der Waals surface area (Å²) in [5, 5.41) is 0. The lowest BCUT2D eigenvalue weighted by Crippen LogP contribution is -2.27. The largest absolute Gasteiger partial charge is 0.490 e. The summed E-state index contributed by atoms with van der Waals surface area (Å²) in [7, 11) is -3.48. The van der Waals surface area contributed by atoms with Crippen molar-refractivity contribution in [2.75, 3.05) is 26.3 Å². The van der Waals surface area contributed by atoms with Crippen LogP contribution in [0.3, 0.4) is 0 Å². The van der Waals surface area contributed by atoms with E-state index in [2.05, 4.69) is 6.92 Å². The van der Waals surface area contributed by atoms with Crippen LogP contribution in [0.1, 0.15) is 35.7 Å². The molecule has 1 heterocycles. The molecule has 0 unspecified atom stereocenters. The minimum Gasteiger partial charge on any atom is -0.490 e. The molecule has 0 aromatic heterocycles. The number of rotatable bonds is 8. The van der Waals surface area contributed by atoms with Gasteiger partial charge in [0.05, 0.1) is 10.5 Å². The highest BCUT2D eigenvalue weighted by molar-refractivity contribution is 7.89. The molecule has 28 heavy (non-hydrogen) atoms. The molecule has 1 aliphatic rings. The number of benzene rings is 2. The summed E-state index contributed by atoms with van der Waals surface area (Å²) in [6.45, 7) is 3.53. The zero-order valence-corrected chi connectivity index (χ0v) is 16.8. The third kappa shape index (κ3) is 4.91. The maximum atomic E-state index is 12.5. The first-order valence-electron chi connectivity index (χ1n) is 9.50. The van der Waals surface area contributed by atoms with Gasteiger partial charge in [0.2, 0.25) is 10.0 Å². The second-order valence-electron chi connectivity index (χ2n) is 6.62. The van der Waals surface area contributed by atoms with Gasteiger partial charge in [-0.2, -0.15) is 4.31 Å². The molecule has 0 aliphatic carbocycles. The van der Waals surface area contributed by atoms with Gasteiger partial charge >= 0.3 is 5.97 Å². The lowest BCUT2D eigenvalue weighted by atomic mass is 10.2. The van der Waals surface area contributed by atoms with Crippen LogP contribution in [0.4, 0.5) is 0 Å². The normalized spacial score (nSPS) is 14.8. The summed E-state index contributed by atoms with van der Waals surface area (Å²) in [5.41, 5.74) is 1.49. The van der Waals surface area contributed by atoms with Crippen molar-refractivity contribution in [1.29, 1.82) is 0 Å². The van der Waals surface area contributed by atoms with Crippen molar-refractivity contribution in [3.05, 3.63) is 59.7 Å². The van der Waals surface area contributed by atoms with E-state index in [0.717, 1.165) is 25.0 Å².